The molecule has 12 nitrogen and oxygen atoms in total. The Morgan fingerprint density at radius 3 is 2.53 bits per heavy atom. The smallest absolute Gasteiger partial charge is 0.306 e. The number of aryl methyl sites for hydroxylation is 1. The van der Waals surface area contributed by atoms with Crippen molar-refractivity contribution in [1.29, 1.82) is 0 Å². The molecule has 14 heteroatoms. The Bertz CT molecular complexity index is 1870. The van der Waals surface area contributed by atoms with E-state index in [0.29, 0.717) is 68.7 Å². The van der Waals surface area contributed by atoms with Crippen LogP contribution in [-0.2, 0) is 32.6 Å². The van der Waals surface area contributed by atoms with E-state index in [1.807, 2.05) is 25.1 Å². The Hall–Kier alpha value is -2.94. The van der Waals surface area contributed by atoms with Crippen molar-refractivity contribution in [3.63, 3.8) is 0 Å². The van der Waals surface area contributed by atoms with Gasteiger partial charge in [-0.25, -0.2) is 13.1 Å². The zero-order valence-corrected chi connectivity index (χ0v) is 35.5. The van der Waals surface area contributed by atoms with E-state index in [4.69, 9.17) is 21.1 Å². The van der Waals surface area contributed by atoms with Gasteiger partial charge in [-0.2, -0.15) is 0 Å². The molecule has 4 aliphatic heterocycles. The molecular formula is C43H62ClN5O7S. The number of ether oxygens (including phenoxy) is 2. The second-order valence-corrected chi connectivity index (χ2v) is 19.9. The number of benzene rings is 2. The quantitative estimate of drug-likeness (QED) is 0.397. The van der Waals surface area contributed by atoms with E-state index < -0.39 is 26.8 Å². The van der Waals surface area contributed by atoms with Crippen molar-refractivity contribution in [3.05, 3.63) is 58.1 Å². The molecule has 2 N–H and O–H groups in total. The highest BCUT2D eigenvalue weighted by atomic mass is 35.5. The molecule has 5 aliphatic rings. The van der Waals surface area contributed by atoms with Crippen molar-refractivity contribution in [2.24, 2.45) is 17.8 Å². The second kappa shape index (κ2) is 18.1. The fraction of sp³-hybridized carbons (Fsp3) is 0.674. The number of amides is 1. The molecule has 0 radical (unpaired) electrons. The fourth-order valence-corrected chi connectivity index (χ4v) is 11.5. The summed E-state index contributed by atoms with van der Waals surface area (Å²) in [6.07, 6.45) is 6.92. The van der Waals surface area contributed by atoms with Gasteiger partial charge in [0.15, 0.2) is 0 Å². The number of aliphatic hydroxyl groups is 1. The van der Waals surface area contributed by atoms with E-state index in [-0.39, 0.29) is 29.3 Å². The lowest BCUT2D eigenvalue weighted by molar-refractivity contribution is -0.141. The van der Waals surface area contributed by atoms with E-state index in [9.17, 15) is 23.1 Å². The van der Waals surface area contributed by atoms with Gasteiger partial charge in [0.05, 0.1) is 30.1 Å². The zero-order valence-electron chi connectivity index (χ0n) is 34.0. The first-order chi connectivity index (χ1) is 27.3. The van der Waals surface area contributed by atoms with E-state index >= 15 is 0 Å². The summed E-state index contributed by atoms with van der Waals surface area (Å²) in [5, 5.41) is 12.9. The Morgan fingerprint density at radius 1 is 0.965 bits per heavy atom. The zero-order chi connectivity index (χ0) is 40.3. The maximum absolute atomic E-state index is 13.6. The number of nitrogens with zero attached hydrogens (tertiary/aromatic N) is 4. The fourth-order valence-electron chi connectivity index (χ4n) is 9.96. The van der Waals surface area contributed by atoms with E-state index in [1.165, 1.54) is 12.7 Å². The lowest BCUT2D eigenvalue weighted by Crippen LogP contribution is -2.64. The lowest BCUT2D eigenvalue weighted by atomic mass is 9.62. The van der Waals surface area contributed by atoms with Gasteiger partial charge in [-0.15, -0.1) is 0 Å². The first-order valence-electron chi connectivity index (χ1n) is 21.1. The van der Waals surface area contributed by atoms with Gasteiger partial charge < -0.3 is 19.5 Å². The summed E-state index contributed by atoms with van der Waals surface area (Å²) in [6.45, 7) is 12.1. The van der Waals surface area contributed by atoms with Gasteiger partial charge in [0.1, 0.15) is 12.4 Å². The molecule has 6 atom stereocenters. The third kappa shape index (κ3) is 9.92. The van der Waals surface area contributed by atoms with Crippen molar-refractivity contribution < 1.29 is 32.6 Å². The molecule has 2 saturated heterocycles. The number of fused-ring (bicyclic) bond motifs is 4. The number of β-amino-alcohol motifs (C(OH)–C–C–N with tert-alkyl or cyclic N) is 1. The highest BCUT2D eigenvalue weighted by molar-refractivity contribution is 7.90. The average Bonchev–Trinajstić information content (AvgIpc) is 3.20. The van der Waals surface area contributed by atoms with Crippen LogP contribution in [0, 0.1) is 17.8 Å². The van der Waals surface area contributed by atoms with Crippen LogP contribution in [0.3, 0.4) is 0 Å². The molecule has 0 spiro atoms. The highest BCUT2D eigenvalue weighted by Crippen LogP contribution is 2.47. The maximum atomic E-state index is 13.6. The van der Waals surface area contributed by atoms with Crippen molar-refractivity contribution in [2.45, 2.75) is 95.1 Å². The predicted octanol–water partition coefficient (Wildman–Crippen LogP) is 4.95. The summed E-state index contributed by atoms with van der Waals surface area (Å²) in [5.41, 5.74) is 2.32. The summed E-state index contributed by atoms with van der Waals surface area (Å²) in [6, 6.07) is 11.5. The normalized spacial score (nSPS) is 30.6. The van der Waals surface area contributed by atoms with Crippen molar-refractivity contribution in [3.8, 4) is 5.75 Å². The van der Waals surface area contributed by atoms with Crippen LogP contribution < -0.4 is 14.4 Å². The number of carbonyl (C=O) groups excluding carboxylic acids is 2. The number of methoxy groups -OCH3 is 1. The van der Waals surface area contributed by atoms with Gasteiger partial charge in [0.2, 0.25) is 10.0 Å². The van der Waals surface area contributed by atoms with Crippen LogP contribution in [0.1, 0.15) is 86.7 Å². The van der Waals surface area contributed by atoms with E-state index in [0.717, 1.165) is 89.2 Å². The maximum Gasteiger partial charge on any atom is 0.306 e. The topological polar surface area (TPSA) is 132 Å². The van der Waals surface area contributed by atoms with Crippen molar-refractivity contribution >= 4 is 39.2 Å². The number of carbonyl (C=O) groups is 2. The number of esters is 1. The van der Waals surface area contributed by atoms with Gasteiger partial charge in [0, 0.05) is 82.1 Å². The number of hydrogen-bond donors (Lipinski definition) is 2. The monoisotopic (exact) mass is 827 g/mol. The van der Waals surface area contributed by atoms with Crippen LogP contribution in [0.4, 0.5) is 5.69 Å². The van der Waals surface area contributed by atoms with Crippen molar-refractivity contribution in [1.82, 2.24) is 19.4 Å². The van der Waals surface area contributed by atoms with Crippen LogP contribution in [-0.4, -0.2) is 130 Å². The average molecular weight is 829 g/mol. The van der Waals surface area contributed by atoms with Crippen LogP contribution in [0.15, 0.2) is 36.4 Å². The number of rotatable bonds is 5. The molecular weight excluding hydrogens is 766 g/mol. The highest BCUT2D eigenvalue weighted by Gasteiger charge is 2.48. The molecule has 2 aromatic carbocycles. The SMILES string of the molecule is COC(=O)CCN1CCN2CCN(CC3(O)CCC[C@H](C)[C@@H](C)S(=O)(=O)NC(=O)c4ccc5c(c4)N(CCCCc4cc(Cl)ccc4CO5)C[C@@H]4CC[C@H]43)C[C@@H]2C1. The summed E-state index contributed by atoms with van der Waals surface area (Å²) < 4.78 is 41.1. The summed E-state index contributed by atoms with van der Waals surface area (Å²) in [7, 11) is -2.55. The molecule has 3 fully saturated rings. The predicted molar refractivity (Wildman–Crippen MR) is 222 cm³/mol. The van der Waals surface area contributed by atoms with Gasteiger partial charge in [-0.3, -0.25) is 24.3 Å². The minimum atomic E-state index is -3.98. The number of piperazine rings is 2. The van der Waals surface area contributed by atoms with Gasteiger partial charge in [-0.05, 0) is 111 Å². The van der Waals surface area contributed by atoms with Crippen LogP contribution in [0.2, 0.25) is 5.02 Å². The molecule has 314 valence electrons. The second-order valence-electron chi connectivity index (χ2n) is 17.4. The molecule has 2 aromatic rings. The van der Waals surface area contributed by atoms with E-state index in [1.54, 1.807) is 25.1 Å². The number of halogens is 1. The molecule has 0 aromatic heterocycles. The minimum absolute atomic E-state index is 0.0724. The summed E-state index contributed by atoms with van der Waals surface area (Å²) in [4.78, 5) is 35.2. The summed E-state index contributed by atoms with van der Waals surface area (Å²) >= 11 is 6.41. The molecule has 57 heavy (non-hydrogen) atoms. The molecule has 1 aliphatic carbocycles. The number of anilines is 1. The summed E-state index contributed by atoms with van der Waals surface area (Å²) in [5.74, 6) is -0.105. The van der Waals surface area contributed by atoms with Gasteiger partial charge in [-0.1, -0.05) is 31.0 Å². The minimum Gasteiger partial charge on any atom is -0.487 e. The number of hydrogen-bond acceptors (Lipinski definition) is 11. The molecule has 2 bridgehead atoms. The first-order valence-corrected chi connectivity index (χ1v) is 23.1. The Balaban J connectivity index is 1.16. The largest absolute Gasteiger partial charge is 0.487 e. The Morgan fingerprint density at radius 2 is 1.75 bits per heavy atom. The molecule has 1 saturated carbocycles. The number of nitrogens with one attached hydrogen (secondary N) is 1. The first kappa shape index (κ1) is 42.2. The van der Waals surface area contributed by atoms with Crippen LogP contribution in [0.5, 0.6) is 5.75 Å². The third-order valence-corrected chi connectivity index (χ3v) is 16.0. The Labute approximate surface area is 344 Å². The molecule has 7 rings (SSSR count). The number of sulfonamides is 1. The van der Waals surface area contributed by atoms with Crippen LogP contribution in [0.25, 0.3) is 0 Å². The lowest BCUT2D eigenvalue weighted by Gasteiger charge is -2.53. The van der Waals surface area contributed by atoms with Gasteiger partial charge in [0.25, 0.3) is 5.91 Å². The van der Waals surface area contributed by atoms with E-state index in [2.05, 4.69) is 24.3 Å². The van der Waals surface area contributed by atoms with Crippen molar-refractivity contribution in [2.75, 3.05) is 77.5 Å². The van der Waals surface area contributed by atoms with Gasteiger partial charge >= 0.3 is 5.97 Å². The molecule has 1 amide bonds. The standard InChI is InChI=1S/C43H62ClN5O7S/c1-30-7-6-16-43(52,29-47-20-22-48-21-19-46(26-37(48)27-47)18-15-41(50)55-3)38-13-10-34(38)25-49-17-5-4-8-32-23-36(44)12-9-35(32)28-56-40-14-11-33(24-39(40)49)42(51)45-57(53,54)31(30)2/h9,11-12,14,23-24,30-31,34,37-38,52H,4-8,10,13,15-22,25-29H2,1-3H3,(H,45,51)/t30-,31+,34-,37-,38+,43?/m0/s1. The Kier molecular flexibility index (Phi) is 13.4. The third-order valence-electron chi connectivity index (χ3n) is 13.8. The molecule has 4 heterocycles. The van der Waals surface area contributed by atoms with Crippen LogP contribution >= 0.6 is 11.6 Å². The molecule has 1 unspecified atom stereocenters.